The van der Waals surface area contributed by atoms with Gasteiger partial charge in [0.2, 0.25) is 0 Å². The summed E-state index contributed by atoms with van der Waals surface area (Å²) >= 11 is 3.40. The average molecular weight is 346 g/mol. The molecule has 0 atom stereocenters. The van der Waals surface area contributed by atoms with Crippen molar-refractivity contribution in [2.24, 2.45) is 0 Å². The Morgan fingerprint density at radius 2 is 2.14 bits per heavy atom. The van der Waals surface area contributed by atoms with Gasteiger partial charge in [-0.1, -0.05) is 6.07 Å². The Morgan fingerprint density at radius 3 is 2.95 bits per heavy atom. The molecule has 1 aromatic heterocycles. The molecule has 0 saturated carbocycles. The van der Waals surface area contributed by atoms with Crippen LogP contribution in [-0.2, 0) is 13.0 Å². The van der Waals surface area contributed by atoms with Gasteiger partial charge in [-0.2, -0.15) is 0 Å². The number of halogens is 1. The number of nitrogens with one attached hydrogen (secondary N) is 2. The van der Waals surface area contributed by atoms with Crippen LogP contribution >= 0.6 is 15.9 Å². The van der Waals surface area contributed by atoms with Crippen LogP contribution in [0.2, 0.25) is 0 Å². The minimum Gasteiger partial charge on any atom is -0.312 e. The number of fused-ring (bicyclic) bond motifs is 1. The summed E-state index contributed by atoms with van der Waals surface area (Å²) in [6.45, 7) is 3.72. The molecular weight excluding hydrogens is 330 g/mol. The summed E-state index contributed by atoms with van der Waals surface area (Å²) in [7, 11) is 0. The second-order valence-electron chi connectivity index (χ2n) is 5.13. The maximum Gasteiger partial charge on any atom is 0.256 e. The lowest BCUT2D eigenvalue weighted by atomic mass is 9.98. The van der Waals surface area contributed by atoms with Crippen molar-refractivity contribution in [3.63, 3.8) is 0 Å². The maximum absolute atomic E-state index is 12.3. The quantitative estimate of drug-likeness (QED) is 0.879. The van der Waals surface area contributed by atoms with Crippen molar-refractivity contribution in [2.75, 3.05) is 11.9 Å². The molecule has 1 aliphatic heterocycles. The molecule has 2 N–H and O–H groups in total. The lowest BCUT2D eigenvalue weighted by Gasteiger charge is -2.17. The van der Waals surface area contributed by atoms with E-state index >= 15 is 0 Å². The fourth-order valence-corrected chi connectivity index (χ4v) is 2.64. The van der Waals surface area contributed by atoms with Crippen LogP contribution < -0.4 is 10.6 Å². The summed E-state index contributed by atoms with van der Waals surface area (Å²) in [4.78, 5) is 16.6. The van der Waals surface area contributed by atoms with Crippen molar-refractivity contribution in [2.45, 2.75) is 19.9 Å². The van der Waals surface area contributed by atoms with Crippen LogP contribution in [0.4, 0.5) is 5.82 Å². The van der Waals surface area contributed by atoms with Crippen molar-refractivity contribution in [1.29, 1.82) is 0 Å². The first-order valence-electron chi connectivity index (χ1n) is 6.90. The van der Waals surface area contributed by atoms with E-state index in [1.54, 1.807) is 6.07 Å². The van der Waals surface area contributed by atoms with Crippen LogP contribution in [0.15, 0.2) is 34.8 Å². The highest BCUT2D eigenvalue weighted by Gasteiger charge is 2.13. The van der Waals surface area contributed by atoms with Gasteiger partial charge in [-0.3, -0.25) is 4.79 Å². The van der Waals surface area contributed by atoms with Gasteiger partial charge in [-0.15, -0.1) is 0 Å². The Kier molecular flexibility index (Phi) is 4.03. The monoisotopic (exact) mass is 345 g/mol. The molecule has 0 spiro atoms. The van der Waals surface area contributed by atoms with Crippen molar-refractivity contribution in [3.8, 4) is 0 Å². The smallest absolute Gasteiger partial charge is 0.256 e. The van der Waals surface area contributed by atoms with Crippen molar-refractivity contribution < 1.29 is 4.79 Å². The molecule has 0 radical (unpaired) electrons. The van der Waals surface area contributed by atoms with Gasteiger partial charge < -0.3 is 10.6 Å². The Balaban J connectivity index is 1.80. The highest BCUT2D eigenvalue weighted by atomic mass is 79.9. The number of amides is 1. The van der Waals surface area contributed by atoms with E-state index in [1.807, 2.05) is 31.2 Å². The van der Waals surface area contributed by atoms with Crippen LogP contribution in [0.3, 0.4) is 0 Å². The van der Waals surface area contributed by atoms with Gasteiger partial charge in [0, 0.05) is 16.6 Å². The zero-order valence-electron chi connectivity index (χ0n) is 11.7. The number of carbonyl (C=O) groups is 1. The van der Waals surface area contributed by atoms with Gasteiger partial charge in [0.05, 0.1) is 5.69 Å². The summed E-state index contributed by atoms with van der Waals surface area (Å²) < 4.78 is 0.931. The lowest BCUT2D eigenvalue weighted by Crippen LogP contribution is -2.24. The Bertz CT molecular complexity index is 700. The molecule has 1 aliphatic rings. The molecule has 0 unspecified atom stereocenters. The van der Waals surface area contributed by atoms with Crippen molar-refractivity contribution >= 4 is 27.7 Å². The highest BCUT2D eigenvalue weighted by Crippen LogP contribution is 2.19. The third kappa shape index (κ3) is 3.14. The molecule has 1 amide bonds. The van der Waals surface area contributed by atoms with E-state index in [-0.39, 0.29) is 5.91 Å². The number of hydrogen-bond donors (Lipinski definition) is 2. The third-order valence-electron chi connectivity index (χ3n) is 3.62. The summed E-state index contributed by atoms with van der Waals surface area (Å²) in [5, 5.41) is 6.16. The molecule has 3 rings (SSSR count). The first-order chi connectivity index (χ1) is 10.1. The summed E-state index contributed by atoms with van der Waals surface area (Å²) in [5.74, 6) is 0.439. The standard InChI is InChI=1S/C16H16BrN3O/c1-10-14(17)4-5-15(19-10)20-16(21)12-3-2-11-6-7-18-9-13(11)8-12/h2-5,8,18H,6-7,9H2,1H3,(H,19,20,21). The molecule has 2 heterocycles. The summed E-state index contributed by atoms with van der Waals surface area (Å²) in [5.41, 5.74) is 4.04. The number of carbonyl (C=O) groups excluding carboxylic acids is 1. The van der Waals surface area contributed by atoms with Crippen LogP contribution in [0, 0.1) is 6.92 Å². The molecule has 0 fully saturated rings. The number of pyridine rings is 1. The molecule has 0 bridgehead atoms. The zero-order valence-corrected chi connectivity index (χ0v) is 13.3. The molecule has 0 saturated heterocycles. The van der Waals surface area contributed by atoms with Crippen LogP contribution in [-0.4, -0.2) is 17.4 Å². The van der Waals surface area contributed by atoms with Gasteiger partial charge in [0.25, 0.3) is 5.91 Å². The topological polar surface area (TPSA) is 54.0 Å². The Labute approximate surface area is 132 Å². The van der Waals surface area contributed by atoms with Gasteiger partial charge in [0.1, 0.15) is 5.82 Å². The van der Waals surface area contributed by atoms with Gasteiger partial charge >= 0.3 is 0 Å². The van der Waals surface area contributed by atoms with E-state index in [2.05, 4.69) is 31.5 Å². The summed E-state index contributed by atoms with van der Waals surface area (Å²) in [6, 6.07) is 9.56. The van der Waals surface area contributed by atoms with Crippen LogP contribution in [0.25, 0.3) is 0 Å². The molecule has 0 aliphatic carbocycles. The molecule has 4 nitrogen and oxygen atoms in total. The van der Waals surface area contributed by atoms with E-state index in [0.29, 0.717) is 11.4 Å². The fourth-order valence-electron chi connectivity index (χ4n) is 2.42. The predicted octanol–water partition coefficient (Wildman–Crippen LogP) is 3.05. The van der Waals surface area contributed by atoms with E-state index in [0.717, 1.165) is 29.7 Å². The molecule has 108 valence electrons. The van der Waals surface area contributed by atoms with Gasteiger partial charge in [-0.05, 0) is 71.2 Å². The minimum absolute atomic E-state index is 0.127. The number of aryl methyl sites for hydroxylation is 1. The first-order valence-corrected chi connectivity index (χ1v) is 7.70. The van der Waals surface area contributed by atoms with Crippen molar-refractivity contribution in [1.82, 2.24) is 10.3 Å². The number of hydrogen-bond acceptors (Lipinski definition) is 3. The molecule has 5 heteroatoms. The maximum atomic E-state index is 12.3. The van der Waals surface area contributed by atoms with Crippen LogP contribution in [0.1, 0.15) is 27.2 Å². The largest absolute Gasteiger partial charge is 0.312 e. The minimum atomic E-state index is -0.127. The number of aromatic nitrogens is 1. The number of rotatable bonds is 2. The predicted molar refractivity (Wildman–Crippen MR) is 86.5 cm³/mol. The number of nitrogens with zero attached hydrogens (tertiary/aromatic N) is 1. The lowest BCUT2D eigenvalue weighted by molar-refractivity contribution is 0.102. The van der Waals surface area contributed by atoms with Gasteiger partial charge in [0.15, 0.2) is 0 Å². The molecular formula is C16H16BrN3O. The van der Waals surface area contributed by atoms with E-state index in [4.69, 9.17) is 0 Å². The SMILES string of the molecule is Cc1nc(NC(=O)c2ccc3c(c2)CNCC3)ccc1Br. The third-order valence-corrected chi connectivity index (χ3v) is 4.46. The molecule has 21 heavy (non-hydrogen) atoms. The second kappa shape index (κ2) is 5.95. The first kappa shape index (κ1) is 14.2. The van der Waals surface area contributed by atoms with Crippen LogP contribution in [0.5, 0.6) is 0 Å². The number of benzene rings is 1. The average Bonchev–Trinajstić information content (AvgIpc) is 2.50. The fraction of sp³-hybridized carbons (Fsp3) is 0.250. The molecule has 2 aromatic rings. The van der Waals surface area contributed by atoms with Gasteiger partial charge in [-0.25, -0.2) is 4.98 Å². The van der Waals surface area contributed by atoms with Crippen molar-refractivity contribution in [3.05, 3.63) is 57.2 Å². The second-order valence-corrected chi connectivity index (χ2v) is 5.98. The number of anilines is 1. The Hall–Kier alpha value is -1.72. The zero-order chi connectivity index (χ0) is 14.8. The van der Waals surface area contributed by atoms with E-state index in [1.165, 1.54) is 11.1 Å². The summed E-state index contributed by atoms with van der Waals surface area (Å²) in [6.07, 6.45) is 1.02. The molecule has 1 aromatic carbocycles. The highest BCUT2D eigenvalue weighted by molar-refractivity contribution is 9.10. The Morgan fingerprint density at radius 1 is 1.29 bits per heavy atom. The normalized spacial score (nSPS) is 13.6. The van der Waals surface area contributed by atoms with E-state index in [9.17, 15) is 4.79 Å². The van der Waals surface area contributed by atoms with E-state index < -0.39 is 0 Å².